The SMILES string of the molecule is CCCCNC(=O)CCc1nnc(-c2ccncc2)o1. The molecule has 0 fully saturated rings. The van der Waals surface area contributed by atoms with Gasteiger partial charge in [0.2, 0.25) is 17.7 Å². The van der Waals surface area contributed by atoms with Crippen LogP contribution in [0, 0.1) is 0 Å². The topological polar surface area (TPSA) is 80.9 Å². The molecule has 2 aromatic rings. The van der Waals surface area contributed by atoms with Crippen LogP contribution in [0.25, 0.3) is 11.5 Å². The molecule has 0 aliphatic rings. The van der Waals surface area contributed by atoms with Gasteiger partial charge in [0.05, 0.1) is 0 Å². The zero-order valence-electron chi connectivity index (χ0n) is 11.5. The Bertz CT molecular complexity index is 539. The van der Waals surface area contributed by atoms with Crippen molar-refractivity contribution >= 4 is 5.91 Å². The van der Waals surface area contributed by atoms with Gasteiger partial charge in [0, 0.05) is 37.3 Å². The molecule has 2 aromatic heterocycles. The first-order valence-electron chi connectivity index (χ1n) is 6.79. The van der Waals surface area contributed by atoms with Crippen molar-refractivity contribution in [2.45, 2.75) is 32.6 Å². The molecule has 2 heterocycles. The molecule has 6 heteroatoms. The lowest BCUT2D eigenvalue weighted by atomic mass is 10.2. The van der Waals surface area contributed by atoms with E-state index in [1.54, 1.807) is 24.5 Å². The second-order valence-corrected chi connectivity index (χ2v) is 4.44. The molecule has 0 radical (unpaired) electrons. The van der Waals surface area contributed by atoms with Crippen LogP contribution >= 0.6 is 0 Å². The number of hydrogen-bond donors (Lipinski definition) is 1. The van der Waals surface area contributed by atoms with E-state index in [0.29, 0.717) is 24.6 Å². The standard InChI is InChI=1S/C14H18N4O2/c1-2-3-8-16-12(19)4-5-13-17-18-14(20-13)11-6-9-15-10-7-11/h6-7,9-10H,2-5,8H2,1H3,(H,16,19). The first kappa shape index (κ1) is 14.2. The fourth-order valence-corrected chi connectivity index (χ4v) is 1.68. The zero-order valence-corrected chi connectivity index (χ0v) is 11.5. The normalized spacial score (nSPS) is 10.4. The molecule has 2 rings (SSSR count). The molecule has 6 nitrogen and oxygen atoms in total. The van der Waals surface area contributed by atoms with E-state index >= 15 is 0 Å². The van der Waals surface area contributed by atoms with Crippen molar-refractivity contribution in [3.63, 3.8) is 0 Å². The number of carbonyl (C=O) groups is 1. The van der Waals surface area contributed by atoms with E-state index in [0.717, 1.165) is 24.9 Å². The van der Waals surface area contributed by atoms with Gasteiger partial charge in [-0.05, 0) is 18.6 Å². The van der Waals surface area contributed by atoms with Crippen LogP contribution in [0.1, 0.15) is 32.1 Å². The van der Waals surface area contributed by atoms with E-state index in [-0.39, 0.29) is 5.91 Å². The van der Waals surface area contributed by atoms with Gasteiger partial charge in [-0.25, -0.2) is 0 Å². The third-order valence-electron chi connectivity index (χ3n) is 2.81. The molecule has 0 spiro atoms. The van der Waals surface area contributed by atoms with Crippen LogP contribution in [0.15, 0.2) is 28.9 Å². The van der Waals surface area contributed by atoms with E-state index in [4.69, 9.17) is 4.42 Å². The van der Waals surface area contributed by atoms with Gasteiger partial charge in [-0.2, -0.15) is 0 Å². The Labute approximate surface area is 117 Å². The highest BCUT2D eigenvalue weighted by Crippen LogP contribution is 2.16. The van der Waals surface area contributed by atoms with Crippen molar-refractivity contribution in [1.29, 1.82) is 0 Å². The molecule has 1 amide bonds. The first-order valence-corrected chi connectivity index (χ1v) is 6.79. The number of aryl methyl sites for hydroxylation is 1. The van der Waals surface area contributed by atoms with Crippen LogP contribution in [0.4, 0.5) is 0 Å². The summed E-state index contributed by atoms with van der Waals surface area (Å²) in [5, 5.41) is 10.8. The summed E-state index contributed by atoms with van der Waals surface area (Å²) in [5.41, 5.74) is 0.825. The summed E-state index contributed by atoms with van der Waals surface area (Å²) in [4.78, 5) is 15.5. The summed E-state index contributed by atoms with van der Waals surface area (Å²) in [7, 11) is 0. The van der Waals surface area contributed by atoms with Gasteiger partial charge in [0.15, 0.2) is 0 Å². The molecule has 106 valence electrons. The maximum absolute atomic E-state index is 11.6. The molecular weight excluding hydrogens is 256 g/mol. The summed E-state index contributed by atoms with van der Waals surface area (Å²) >= 11 is 0. The van der Waals surface area contributed by atoms with E-state index < -0.39 is 0 Å². The highest BCUT2D eigenvalue weighted by atomic mass is 16.4. The summed E-state index contributed by atoms with van der Waals surface area (Å²) in [5.74, 6) is 0.943. The number of aromatic nitrogens is 3. The minimum atomic E-state index is 0.0158. The van der Waals surface area contributed by atoms with Gasteiger partial charge in [-0.1, -0.05) is 13.3 Å². The summed E-state index contributed by atoms with van der Waals surface area (Å²) < 4.78 is 5.52. The molecule has 0 atom stereocenters. The second-order valence-electron chi connectivity index (χ2n) is 4.44. The van der Waals surface area contributed by atoms with Crippen LogP contribution in [0.2, 0.25) is 0 Å². The van der Waals surface area contributed by atoms with Crippen LogP contribution in [0.5, 0.6) is 0 Å². The monoisotopic (exact) mass is 274 g/mol. The second kappa shape index (κ2) is 7.37. The van der Waals surface area contributed by atoms with Crippen LogP contribution < -0.4 is 5.32 Å². The molecule has 0 saturated heterocycles. The zero-order chi connectivity index (χ0) is 14.2. The Morgan fingerprint density at radius 1 is 1.30 bits per heavy atom. The van der Waals surface area contributed by atoms with Crippen molar-refractivity contribution in [3.8, 4) is 11.5 Å². The van der Waals surface area contributed by atoms with E-state index in [1.807, 2.05) is 0 Å². The molecule has 0 aromatic carbocycles. The number of unbranched alkanes of at least 4 members (excludes halogenated alkanes) is 1. The molecule has 0 aliphatic heterocycles. The van der Waals surface area contributed by atoms with Gasteiger partial charge in [-0.15, -0.1) is 10.2 Å². The van der Waals surface area contributed by atoms with E-state index in [9.17, 15) is 4.79 Å². The molecule has 0 saturated carbocycles. The first-order chi connectivity index (χ1) is 9.79. The third-order valence-corrected chi connectivity index (χ3v) is 2.81. The van der Waals surface area contributed by atoms with Crippen LogP contribution in [-0.4, -0.2) is 27.6 Å². The fourth-order valence-electron chi connectivity index (χ4n) is 1.68. The number of nitrogens with one attached hydrogen (secondary N) is 1. The maximum atomic E-state index is 11.6. The molecular formula is C14H18N4O2. The van der Waals surface area contributed by atoms with Gasteiger partial charge in [-0.3, -0.25) is 9.78 Å². The minimum Gasteiger partial charge on any atom is -0.421 e. The van der Waals surface area contributed by atoms with Gasteiger partial charge in [0.1, 0.15) is 0 Å². The van der Waals surface area contributed by atoms with Gasteiger partial charge >= 0.3 is 0 Å². The quantitative estimate of drug-likeness (QED) is 0.781. The third kappa shape index (κ3) is 4.15. The molecule has 0 bridgehead atoms. The molecule has 1 N–H and O–H groups in total. The largest absolute Gasteiger partial charge is 0.421 e. The Morgan fingerprint density at radius 2 is 2.10 bits per heavy atom. The summed E-state index contributed by atoms with van der Waals surface area (Å²) in [6.45, 7) is 2.81. The van der Waals surface area contributed by atoms with Crippen molar-refractivity contribution in [2.24, 2.45) is 0 Å². The minimum absolute atomic E-state index is 0.0158. The number of pyridine rings is 1. The number of nitrogens with zero attached hydrogens (tertiary/aromatic N) is 3. The number of amides is 1. The van der Waals surface area contributed by atoms with Gasteiger partial charge < -0.3 is 9.73 Å². The number of hydrogen-bond acceptors (Lipinski definition) is 5. The Balaban J connectivity index is 1.83. The predicted molar refractivity (Wildman–Crippen MR) is 73.8 cm³/mol. The fraction of sp³-hybridized carbons (Fsp3) is 0.429. The molecule has 0 unspecified atom stereocenters. The molecule has 0 aliphatic carbocycles. The average molecular weight is 274 g/mol. The summed E-state index contributed by atoms with van der Waals surface area (Å²) in [6, 6.07) is 3.60. The smallest absolute Gasteiger partial charge is 0.247 e. The highest BCUT2D eigenvalue weighted by molar-refractivity contribution is 5.75. The van der Waals surface area contributed by atoms with Crippen molar-refractivity contribution in [2.75, 3.05) is 6.54 Å². The van der Waals surface area contributed by atoms with E-state index in [1.165, 1.54) is 0 Å². The van der Waals surface area contributed by atoms with Crippen molar-refractivity contribution < 1.29 is 9.21 Å². The Kier molecular flexibility index (Phi) is 5.23. The van der Waals surface area contributed by atoms with Crippen molar-refractivity contribution in [1.82, 2.24) is 20.5 Å². The maximum Gasteiger partial charge on any atom is 0.247 e. The lowest BCUT2D eigenvalue weighted by molar-refractivity contribution is -0.121. The van der Waals surface area contributed by atoms with E-state index in [2.05, 4.69) is 27.4 Å². The molecule has 20 heavy (non-hydrogen) atoms. The predicted octanol–water partition coefficient (Wildman–Crippen LogP) is 1.98. The Hall–Kier alpha value is -2.24. The van der Waals surface area contributed by atoms with Crippen molar-refractivity contribution in [3.05, 3.63) is 30.4 Å². The van der Waals surface area contributed by atoms with Crippen LogP contribution in [0.3, 0.4) is 0 Å². The lowest BCUT2D eigenvalue weighted by Gasteiger charge is -2.01. The number of rotatable bonds is 7. The van der Waals surface area contributed by atoms with Gasteiger partial charge in [0.25, 0.3) is 0 Å². The highest BCUT2D eigenvalue weighted by Gasteiger charge is 2.10. The number of carbonyl (C=O) groups excluding carboxylic acids is 1. The van der Waals surface area contributed by atoms with Crippen LogP contribution in [-0.2, 0) is 11.2 Å². The Morgan fingerprint density at radius 3 is 2.85 bits per heavy atom. The lowest BCUT2D eigenvalue weighted by Crippen LogP contribution is -2.24. The summed E-state index contributed by atoms with van der Waals surface area (Å²) in [6.07, 6.45) is 6.22. The average Bonchev–Trinajstić information content (AvgIpc) is 2.95.